The molecule has 5 aliphatic rings. The highest BCUT2D eigenvalue weighted by molar-refractivity contribution is 7.92. The molecule has 8 heteroatoms. The van der Waals surface area contributed by atoms with Gasteiger partial charge in [-0.25, -0.2) is 8.42 Å². The molecule has 2 amide bonds. The highest BCUT2D eigenvalue weighted by atomic mass is 32.2. The lowest BCUT2D eigenvalue weighted by Crippen LogP contribution is -2.54. The van der Waals surface area contributed by atoms with Gasteiger partial charge >= 0.3 is 0 Å². The number of amides is 2. The number of hydrogen-bond donors (Lipinski definition) is 1. The summed E-state index contributed by atoms with van der Waals surface area (Å²) in [6, 6.07) is 24.9. The molecule has 0 saturated heterocycles. The molecule has 4 bridgehead atoms. The number of rotatable bonds is 12. The van der Waals surface area contributed by atoms with Crippen LogP contribution in [0.1, 0.15) is 86.5 Å². The minimum absolute atomic E-state index is 0.0844. The molecule has 0 aromatic heterocycles. The monoisotopic (exact) mass is 681 g/mol. The fourth-order valence-electron chi connectivity index (χ4n) is 9.95. The fraction of sp³-hybridized carbons (Fsp3) is 0.512. The van der Waals surface area contributed by atoms with Crippen molar-refractivity contribution in [1.29, 1.82) is 0 Å². The third kappa shape index (κ3) is 7.45. The first-order valence-corrected chi connectivity index (χ1v) is 20.2. The van der Waals surface area contributed by atoms with Gasteiger partial charge in [0.05, 0.1) is 11.9 Å². The topological polar surface area (TPSA) is 86.8 Å². The van der Waals surface area contributed by atoms with Gasteiger partial charge in [-0.3, -0.25) is 13.9 Å². The molecule has 7 nitrogen and oxygen atoms in total. The smallest absolute Gasteiger partial charge is 0.244 e. The van der Waals surface area contributed by atoms with E-state index in [1.54, 1.807) is 4.90 Å². The molecule has 8 rings (SSSR count). The summed E-state index contributed by atoms with van der Waals surface area (Å²) in [5.41, 5.74) is 4.86. The Kier molecular flexibility index (Phi) is 9.62. The Labute approximate surface area is 292 Å². The van der Waals surface area contributed by atoms with Crippen molar-refractivity contribution in [3.63, 3.8) is 0 Å². The zero-order valence-electron chi connectivity index (χ0n) is 29.0. The van der Waals surface area contributed by atoms with Crippen molar-refractivity contribution in [1.82, 2.24) is 10.2 Å². The van der Waals surface area contributed by atoms with Crippen LogP contribution in [-0.2, 0) is 38.0 Å². The van der Waals surface area contributed by atoms with Crippen molar-refractivity contribution < 1.29 is 18.0 Å². The van der Waals surface area contributed by atoms with Crippen molar-refractivity contribution >= 4 is 27.5 Å². The average Bonchev–Trinajstić information content (AvgIpc) is 3.58. The van der Waals surface area contributed by atoms with Gasteiger partial charge in [0.1, 0.15) is 12.6 Å². The molecule has 49 heavy (non-hydrogen) atoms. The molecule has 3 aromatic carbocycles. The number of anilines is 1. The molecule has 1 atom stereocenters. The number of nitrogens with one attached hydrogen (secondary N) is 1. The molecule has 260 valence electrons. The van der Waals surface area contributed by atoms with Crippen molar-refractivity contribution in [3.8, 4) is 0 Å². The van der Waals surface area contributed by atoms with Crippen molar-refractivity contribution in [2.75, 3.05) is 17.1 Å². The molecular formula is C41H51N3O4S. The molecule has 0 unspecified atom stereocenters. The zero-order valence-corrected chi connectivity index (χ0v) is 29.8. The Morgan fingerprint density at radius 3 is 2.02 bits per heavy atom. The first kappa shape index (κ1) is 33.8. The van der Waals surface area contributed by atoms with Gasteiger partial charge in [0.25, 0.3) is 0 Å². The van der Waals surface area contributed by atoms with E-state index >= 15 is 0 Å². The first-order valence-electron chi connectivity index (χ1n) is 18.3. The molecule has 5 aliphatic carbocycles. The normalized spacial score (nSPS) is 25.2. The van der Waals surface area contributed by atoms with E-state index < -0.39 is 22.0 Å². The number of benzene rings is 3. The third-order valence-corrected chi connectivity index (χ3v) is 13.2. The van der Waals surface area contributed by atoms with E-state index in [0.717, 1.165) is 66.4 Å². The number of hydrogen-bond acceptors (Lipinski definition) is 4. The second-order valence-electron chi connectivity index (χ2n) is 15.7. The summed E-state index contributed by atoms with van der Waals surface area (Å²) in [4.78, 5) is 30.4. The summed E-state index contributed by atoms with van der Waals surface area (Å²) in [7, 11) is -3.82. The number of aryl methyl sites for hydroxylation is 1. The second-order valence-corrected chi connectivity index (χ2v) is 17.6. The molecule has 0 spiro atoms. The molecule has 5 saturated carbocycles. The minimum Gasteiger partial charge on any atom is -0.352 e. The number of carbonyl (C=O) groups excluding carboxylic acids is 2. The van der Waals surface area contributed by atoms with Crippen LogP contribution >= 0.6 is 0 Å². The molecule has 0 heterocycles. The Morgan fingerprint density at radius 2 is 1.43 bits per heavy atom. The quantitative estimate of drug-likeness (QED) is 0.225. The van der Waals surface area contributed by atoms with E-state index in [4.69, 9.17) is 0 Å². The maximum atomic E-state index is 14.6. The van der Waals surface area contributed by atoms with Gasteiger partial charge in [-0.15, -0.1) is 0 Å². The highest BCUT2D eigenvalue weighted by Crippen LogP contribution is 2.60. The van der Waals surface area contributed by atoms with Gasteiger partial charge in [-0.1, -0.05) is 79.6 Å². The highest BCUT2D eigenvalue weighted by Gasteiger charge is 2.51. The van der Waals surface area contributed by atoms with Crippen LogP contribution in [0.3, 0.4) is 0 Å². The van der Waals surface area contributed by atoms with Crippen molar-refractivity contribution in [2.24, 2.45) is 17.8 Å². The summed E-state index contributed by atoms with van der Waals surface area (Å²) in [6.45, 7) is 1.81. The molecule has 5 fully saturated rings. The lowest BCUT2D eigenvalue weighted by molar-refractivity contribution is -0.140. The van der Waals surface area contributed by atoms with Crippen LogP contribution < -0.4 is 9.62 Å². The predicted molar refractivity (Wildman–Crippen MR) is 195 cm³/mol. The lowest BCUT2D eigenvalue weighted by Gasteiger charge is -2.57. The molecule has 3 aromatic rings. The predicted octanol–water partition coefficient (Wildman–Crippen LogP) is 6.93. The average molecular weight is 682 g/mol. The Hall–Kier alpha value is -3.65. The standard InChI is InChI=1S/C41H51N3O4S/c1-29-10-6-7-13-34(29)27-43(38(23-30-11-4-3-5-12-30)40(46)42-36-14-8-9-15-36)39(45)28-44(49(2,47)48)37-18-16-35(17-19-37)41-24-31-20-32(25-41)22-33(21-31)26-41/h3-7,10-13,16-19,31-33,36,38H,8-9,14-15,20-28H2,1-2H3,(H,42,46)/t31?,32?,33?,38-,41?/m0/s1. The van der Waals surface area contributed by atoms with E-state index in [1.165, 1.54) is 48.4 Å². The van der Waals surface area contributed by atoms with Crippen molar-refractivity contribution in [3.05, 3.63) is 101 Å². The summed E-state index contributed by atoms with van der Waals surface area (Å²) in [5, 5.41) is 3.25. The third-order valence-electron chi connectivity index (χ3n) is 12.1. The Morgan fingerprint density at radius 1 is 0.837 bits per heavy atom. The number of nitrogens with zero attached hydrogens (tertiary/aromatic N) is 2. The SMILES string of the molecule is Cc1ccccc1CN(C(=O)CN(c1ccc(C23CC4CC(CC(C4)C2)C3)cc1)S(C)(=O)=O)[C@@H](Cc1ccccc1)C(=O)NC1CCCC1. The molecular weight excluding hydrogens is 631 g/mol. The summed E-state index contributed by atoms with van der Waals surface area (Å²) in [6.07, 6.45) is 13.3. The Balaban J connectivity index is 1.19. The van der Waals surface area contributed by atoms with Gasteiger partial charge in [0.2, 0.25) is 21.8 Å². The van der Waals surface area contributed by atoms with Gasteiger partial charge in [-0.05, 0) is 116 Å². The summed E-state index contributed by atoms with van der Waals surface area (Å²) < 4.78 is 28.0. The van der Waals surface area contributed by atoms with Crippen LogP contribution in [0.5, 0.6) is 0 Å². The summed E-state index contributed by atoms with van der Waals surface area (Å²) in [5.74, 6) is 1.84. The fourth-order valence-corrected chi connectivity index (χ4v) is 10.8. The number of carbonyl (C=O) groups is 2. The molecule has 0 radical (unpaired) electrons. The van der Waals surface area contributed by atoms with E-state index in [0.29, 0.717) is 12.1 Å². The van der Waals surface area contributed by atoms with Gasteiger partial charge in [-0.2, -0.15) is 0 Å². The van der Waals surface area contributed by atoms with Crippen molar-refractivity contribution in [2.45, 2.75) is 102 Å². The second kappa shape index (κ2) is 13.9. The maximum absolute atomic E-state index is 14.6. The summed E-state index contributed by atoms with van der Waals surface area (Å²) >= 11 is 0. The molecule has 1 N–H and O–H groups in total. The van der Waals surface area contributed by atoms with Crippen LogP contribution in [0.15, 0.2) is 78.9 Å². The van der Waals surface area contributed by atoms with E-state index in [2.05, 4.69) is 17.4 Å². The first-order chi connectivity index (χ1) is 23.6. The van der Waals surface area contributed by atoms with E-state index in [1.807, 2.05) is 73.7 Å². The Bertz CT molecular complexity index is 1720. The molecule has 0 aliphatic heterocycles. The van der Waals surface area contributed by atoms with E-state index in [9.17, 15) is 18.0 Å². The van der Waals surface area contributed by atoms with Crippen LogP contribution in [0.4, 0.5) is 5.69 Å². The van der Waals surface area contributed by atoms with Crippen LogP contribution in [0.2, 0.25) is 0 Å². The van der Waals surface area contributed by atoms with Crippen LogP contribution in [0.25, 0.3) is 0 Å². The van der Waals surface area contributed by atoms with Crippen LogP contribution in [-0.4, -0.2) is 50.0 Å². The number of sulfonamides is 1. The van der Waals surface area contributed by atoms with Gasteiger partial charge < -0.3 is 10.2 Å². The largest absolute Gasteiger partial charge is 0.352 e. The zero-order chi connectivity index (χ0) is 34.2. The minimum atomic E-state index is -3.82. The van der Waals surface area contributed by atoms with Gasteiger partial charge in [0, 0.05) is 19.0 Å². The van der Waals surface area contributed by atoms with E-state index in [-0.39, 0.29) is 30.5 Å². The van der Waals surface area contributed by atoms with Gasteiger partial charge in [0.15, 0.2) is 0 Å². The maximum Gasteiger partial charge on any atom is 0.244 e. The van der Waals surface area contributed by atoms with Crippen LogP contribution in [0, 0.1) is 24.7 Å². The lowest BCUT2D eigenvalue weighted by atomic mass is 9.48.